The first kappa shape index (κ1) is 15.1. The average Bonchev–Trinajstić information content (AvgIpc) is 2.47. The fourth-order valence-corrected chi connectivity index (χ4v) is 2.43. The van der Waals surface area contributed by atoms with Crippen LogP contribution in [0.2, 0.25) is 0 Å². The summed E-state index contributed by atoms with van der Waals surface area (Å²) in [6, 6.07) is 17.2. The van der Waals surface area contributed by atoms with Crippen molar-refractivity contribution in [1.29, 1.82) is 0 Å². The van der Waals surface area contributed by atoms with Gasteiger partial charge in [0.05, 0.1) is 0 Å². The number of hydrogen-bond donors (Lipinski definition) is 0. The maximum atomic E-state index is 2.33. The Labute approximate surface area is 128 Å². The summed E-state index contributed by atoms with van der Waals surface area (Å²) >= 11 is 0. The summed E-state index contributed by atoms with van der Waals surface area (Å²) in [7, 11) is 0. The minimum atomic E-state index is 0.858. The highest BCUT2D eigenvalue weighted by atomic mass is 15.1. The monoisotopic (exact) mass is 277 g/mol. The summed E-state index contributed by atoms with van der Waals surface area (Å²) in [5.74, 6) is 0. The summed E-state index contributed by atoms with van der Waals surface area (Å²) in [6.45, 7) is 7.19. The molecule has 108 valence electrons. The molecule has 1 nitrogen and oxygen atoms in total. The van der Waals surface area contributed by atoms with Crippen LogP contribution in [0.1, 0.15) is 18.1 Å². The van der Waals surface area contributed by atoms with Gasteiger partial charge in [-0.2, -0.15) is 0 Å². The number of allylic oxidation sites excluding steroid dienone is 3. The summed E-state index contributed by atoms with van der Waals surface area (Å²) in [6.07, 6.45) is 8.38. The van der Waals surface area contributed by atoms with E-state index in [1.165, 1.54) is 22.5 Å². The average molecular weight is 277 g/mol. The molecule has 1 heteroatoms. The highest BCUT2D eigenvalue weighted by Crippen LogP contribution is 2.27. The van der Waals surface area contributed by atoms with E-state index >= 15 is 0 Å². The maximum Gasteiger partial charge on any atom is 0.0419 e. The highest BCUT2D eigenvalue weighted by Gasteiger charge is 2.08. The Bertz CT molecular complexity index is 603. The molecule has 2 rings (SSSR count). The lowest BCUT2D eigenvalue weighted by molar-refractivity contribution is 1.09. The molecule has 0 saturated heterocycles. The first-order valence-electron chi connectivity index (χ1n) is 7.39. The van der Waals surface area contributed by atoms with Crippen LogP contribution in [0.15, 0.2) is 72.8 Å². The van der Waals surface area contributed by atoms with Gasteiger partial charge in [-0.1, -0.05) is 48.6 Å². The molecule has 0 amide bonds. The Morgan fingerprint density at radius 1 is 0.857 bits per heavy atom. The molecule has 21 heavy (non-hydrogen) atoms. The van der Waals surface area contributed by atoms with Gasteiger partial charge in [0.25, 0.3) is 0 Å². The second-order valence-electron chi connectivity index (χ2n) is 5.25. The van der Waals surface area contributed by atoms with Gasteiger partial charge < -0.3 is 4.90 Å². The highest BCUT2D eigenvalue weighted by molar-refractivity contribution is 5.65. The van der Waals surface area contributed by atoms with Crippen molar-refractivity contribution in [3.8, 4) is 0 Å². The lowest BCUT2D eigenvalue weighted by atomic mass is 10.1. The van der Waals surface area contributed by atoms with Gasteiger partial charge >= 0.3 is 0 Å². The van der Waals surface area contributed by atoms with Crippen molar-refractivity contribution in [1.82, 2.24) is 0 Å². The Morgan fingerprint density at radius 3 is 2.14 bits per heavy atom. The molecule has 0 fully saturated rings. The number of rotatable bonds is 5. The second-order valence-corrected chi connectivity index (χ2v) is 5.25. The predicted octanol–water partition coefficient (Wildman–Crippen LogP) is 5.57. The second kappa shape index (κ2) is 7.49. The van der Waals surface area contributed by atoms with Crippen LogP contribution in [0.3, 0.4) is 0 Å². The Balaban J connectivity index is 2.35. The normalized spacial score (nSPS) is 11.4. The number of hydrogen-bond acceptors (Lipinski definition) is 1. The third-order valence-electron chi connectivity index (χ3n) is 3.31. The third kappa shape index (κ3) is 4.35. The van der Waals surface area contributed by atoms with Gasteiger partial charge in [0.2, 0.25) is 0 Å². The van der Waals surface area contributed by atoms with Crippen LogP contribution in [0.4, 0.5) is 11.4 Å². The minimum Gasteiger partial charge on any atom is -0.338 e. The molecule has 2 aromatic carbocycles. The zero-order valence-electron chi connectivity index (χ0n) is 13.1. The van der Waals surface area contributed by atoms with Crippen molar-refractivity contribution in [2.45, 2.75) is 20.8 Å². The van der Waals surface area contributed by atoms with E-state index in [1.54, 1.807) is 0 Å². The van der Waals surface area contributed by atoms with Crippen molar-refractivity contribution in [3.05, 3.63) is 84.0 Å². The Morgan fingerprint density at radius 2 is 1.52 bits per heavy atom. The van der Waals surface area contributed by atoms with E-state index in [9.17, 15) is 0 Å². The molecule has 0 N–H and O–H groups in total. The van der Waals surface area contributed by atoms with Crippen molar-refractivity contribution in [2.75, 3.05) is 11.4 Å². The van der Waals surface area contributed by atoms with Crippen molar-refractivity contribution < 1.29 is 0 Å². The number of anilines is 2. The molecule has 0 bridgehead atoms. The van der Waals surface area contributed by atoms with E-state index in [0.29, 0.717) is 0 Å². The zero-order valence-corrected chi connectivity index (χ0v) is 13.1. The largest absolute Gasteiger partial charge is 0.338 e. The van der Waals surface area contributed by atoms with E-state index in [2.05, 4.69) is 85.5 Å². The molecule has 0 aliphatic carbocycles. The van der Waals surface area contributed by atoms with E-state index in [1.807, 2.05) is 13.0 Å². The van der Waals surface area contributed by atoms with E-state index in [0.717, 1.165) is 6.54 Å². The van der Waals surface area contributed by atoms with E-state index in [-0.39, 0.29) is 0 Å². The number of nitrogens with zero attached hydrogens (tertiary/aromatic N) is 1. The molecule has 0 unspecified atom stereocenters. The lowest BCUT2D eigenvalue weighted by Gasteiger charge is -2.24. The molecular formula is C20H23N. The molecule has 0 saturated carbocycles. The van der Waals surface area contributed by atoms with Gasteiger partial charge in [0.15, 0.2) is 0 Å². The smallest absolute Gasteiger partial charge is 0.0419 e. The molecule has 2 aromatic rings. The van der Waals surface area contributed by atoms with Crippen molar-refractivity contribution >= 4 is 11.4 Å². The van der Waals surface area contributed by atoms with Gasteiger partial charge in [-0.3, -0.25) is 0 Å². The predicted molar refractivity (Wildman–Crippen MR) is 93.3 cm³/mol. The number of aryl methyl sites for hydroxylation is 2. The summed E-state index contributed by atoms with van der Waals surface area (Å²) in [5.41, 5.74) is 5.04. The molecule has 0 heterocycles. The van der Waals surface area contributed by atoms with Crippen LogP contribution in [-0.2, 0) is 0 Å². The summed E-state index contributed by atoms with van der Waals surface area (Å²) in [4.78, 5) is 2.33. The molecule has 0 radical (unpaired) electrons. The minimum absolute atomic E-state index is 0.858. The van der Waals surface area contributed by atoms with Crippen LogP contribution in [0.5, 0.6) is 0 Å². The van der Waals surface area contributed by atoms with Gasteiger partial charge in [0.1, 0.15) is 0 Å². The Hall–Kier alpha value is -2.28. The fourth-order valence-electron chi connectivity index (χ4n) is 2.43. The molecular weight excluding hydrogens is 254 g/mol. The van der Waals surface area contributed by atoms with E-state index in [4.69, 9.17) is 0 Å². The van der Waals surface area contributed by atoms with Gasteiger partial charge in [-0.25, -0.2) is 0 Å². The van der Waals surface area contributed by atoms with Crippen molar-refractivity contribution in [3.63, 3.8) is 0 Å². The standard InChI is InChI=1S/C20H23N/c1-4-5-6-10-13-21(19-11-8-7-9-12-19)20-15-17(2)14-18(3)16-20/h4-12,14-16H,13H2,1-3H3/b5-4-,10-6-. The molecule has 0 atom stereocenters. The first-order valence-corrected chi connectivity index (χ1v) is 7.39. The first-order chi connectivity index (χ1) is 10.2. The number of benzene rings is 2. The third-order valence-corrected chi connectivity index (χ3v) is 3.31. The van der Waals surface area contributed by atoms with Crippen LogP contribution >= 0.6 is 0 Å². The van der Waals surface area contributed by atoms with Gasteiger partial charge in [0, 0.05) is 17.9 Å². The lowest BCUT2D eigenvalue weighted by Crippen LogP contribution is -2.17. The van der Waals surface area contributed by atoms with Crippen molar-refractivity contribution in [2.24, 2.45) is 0 Å². The van der Waals surface area contributed by atoms with Crippen LogP contribution in [-0.4, -0.2) is 6.54 Å². The van der Waals surface area contributed by atoms with Crippen LogP contribution in [0.25, 0.3) is 0 Å². The van der Waals surface area contributed by atoms with E-state index < -0.39 is 0 Å². The quantitative estimate of drug-likeness (QED) is 0.645. The Kier molecular flexibility index (Phi) is 5.39. The maximum absolute atomic E-state index is 2.33. The van der Waals surface area contributed by atoms with Gasteiger partial charge in [-0.15, -0.1) is 0 Å². The molecule has 0 aliphatic heterocycles. The van der Waals surface area contributed by atoms with Gasteiger partial charge in [-0.05, 0) is 56.2 Å². The number of para-hydroxylation sites is 1. The summed E-state index contributed by atoms with van der Waals surface area (Å²) < 4.78 is 0. The SMILES string of the molecule is C/C=C\C=C/CN(c1ccccc1)c1cc(C)cc(C)c1. The molecule has 0 spiro atoms. The zero-order chi connectivity index (χ0) is 15.1. The summed E-state index contributed by atoms with van der Waals surface area (Å²) in [5, 5.41) is 0. The van der Waals surface area contributed by atoms with Crippen LogP contribution in [0, 0.1) is 13.8 Å². The topological polar surface area (TPSA) is 3.24 Å². The molecule has 0 aliphatic rings. The van der Waals surface area contributed by atoms with Crippen LogP contribution < -0.4 is 4.90 Å². The fraction of sp³-hybridized carbons (Fsp3) is 0.200. The molecule has 0 aromatic heterocycles.